The van der Waals surface area contributed by atoms with Gasteiger partial charge in [0.1, 0.15) is 0 Å². The van der Waals surface area contributed by atoms with Gasteiger partial charge in [0.15, 0.2) is 0 Å². The van der Waals surface area contributed by atoms with Gasteiger partial charge < -0.3 is 4.74 Å². The van der Waals surface area contributed by atoms with Gasteiger partial charge in [0.05, 0.1) is 6.61 Å². The minimum absolute atomic E-state index is 0.351. The Labute approximate surface area is 103 Å². The van der Waals surface area contributed by atoms with Crippen LogP contribution >= 0.6 is 0 Å². The molecule has 0 fully saturated rings. The molecule has 1 rings (SSSR count). The predicted molar refractivity (Wildman–Crippen MR) is 69.9 cm³/mol. The van der Waals surface area contributed by atoms with Crippen molar-refractivity contribution in [2.45, 2.75) is 32.6 Å². The van der Waals surface area contributed by atoms with E-state index in [1.807, 2.05) is 6.07 Å². The first-order chi connectivity index (χ1) is 8.27. The standard InChI is InChI=1S/C15H20O2/c1-3-5-8-13-9-6-7-10-14(13)11-12-17-15(16)4-2/h4,6-7,9-10H,2-3,5,8,11-12H2,1H3. The molecule has 0 unspecified atom stereocenters. The maximum absolute atomic E-state index is 10.9. The van der Waals surface area contributed by atoms with Gasteiger partial charge in [-0.05, 0) is 24.0 Å². The number of hydrogen-bond donors (Lipinski definition) is 0. The van der Waals surface area contributed by atoms with Crippen molar-refractivity contribution in [2.75, 3.05) is 6.61 Å². The fourth-order valence-electron chi connectivity index (χ4n) is 1.73. The molecule has 2 nitrogen and oxygen atoms in total. The van der Waals surface area contributed by atoms with Crippen molar-refractivity contribution >= 4 is 5.97 Å². The number of benzene rings is 1. The highest BCUT2D eigenvalue weighted by Crippen LogP contribution is 2.12. The molecule has 0 aliphatic carbocycles. The van der Waals surface area contributed by atoms with E-state index >= 15 is 0 Å². The second kappa shape index (κ2) is 7.66. The lowest BCUT2D eigenvalue weighted by atomic mass is 10.0. The van der Waals surface area contributed by atoms with E-state index in [9.17, 15) is 4.79 Å². The van der Waals surface area contributed by atoms with E-state index in [0.717, 1.165) is 12.8 Å². The van der Waals surface area contributed by atoms with Crippen LogP contribution in [0.15, 0.2) is 36.9 Å². The van der Waals surface area contributed by atoms with E-state index in [1.54, 1.807) is 0 Å². The van der Waals surface area contributed by atoms with E-state index in [1.165, 1.54) is 30.0 Å². The lowest BCUT2D eigenvalue weighted by Crippen LogP contribution is -2.06. The topological polar surface area (TPSA) is 26.3 Å². The molecule has 0 atom stereocenters. The SMILES string of the molecule is C=CC(=O)OCCc1ccccc1CCCC. The quantitative estimate of drug-likeness (QED) is 0.532. The lowest BCUT2D eigenvalue weighted by Gasteiger charge is -2.09. The molecule has 0 aliphatic heterocycles. The van der Waals surface area contributed by atoms with Gasteiger partial charge in [0.2, 0.25) is 0 Å². The summed E-state index contributed by atoms with van der Waals surface area (Å²) in [6.07, 6.45) is 5.47. The summed E-state index contributed by atoms with van der Waals surface area (Å²) in [5.74, 6) is -0.351. The third-order valence-corrected chi connectivity index (χ3v) is 2.70. The number of ether oxygens (including phenoxy) is 1. The highest BCUT2D eigenvalue weighted by molar-refractivity contribution is 5.81. The number of esters is 1. The maximum atomic E-state index is 10.9. The summed E-state index contributed by atoms with van der Waals surface area (Å²) in [6, 6.07) is 8.34. The van der Waals surface area contributed by atoms with Crippen molar-refractivity contribution in [2.24, 2.45) is 0 Å². The molecule has 0 aromatic heterocycles. The summed E-state index contributed by atoms with van der Waals surface area (Å²) in [6.45, 7) is 5.98. The second-order valence-electron chi connectivity index (χ2n) is 3.99. The van der Waals surface area contributed by atoms with E-state index in [0.29, 0.717) is 6.61 Å². The molecule has 0 saturated heterocycles. The molecule has 2 heteroatoms. The van der Waals surface area contributed by atoms with Crippen LogP contribution in [0.25, 0.3) is 0 Å². The molecule has 0 aliphatic rings. The lowest BCUT2D eigenvalue weighted by molar-refractivity contribution is -0.137. The summed E-state index contributed by atoms with van der Waals surface area (Å²) in [5, 5.41) is 0. The first kappa shape index (κ1) is 13.5. The Balaban J connectivity index is 2.51. The summed E-state index contributed by atoms with van der Waals surface area (Å²) < 4.78 is 5.00. The molecule has 92 valence electrons. The fraction of sp³-hybridized carbons (Fsp3) is 0.400. The molecule has 0 N–H and O–H groups in total. The van der Waals surface area contributed by atoms with Crippen LogP contribution in [0.1, 0.15) is 30.9 Å². The van der Waals surface area contributed by atoms with Gasteiger partial charge in [-0.3, -0.25) is 0 Å². The molecule has 0 spiro atoms. The third-order valence-electron chi connectivity index (χ3n) is 2.70. The molecule has 1 aromatic rings. The Morgan fingerprint density at radius 1 is 1.29 bits per heavy atom. The van der Waals surface area contributed by atoms with E-state index in [-0.39, 0.29) is 5.97 Å². The zero-order chi connectivity index (χ0) is 12.5. The Bertz CT molecular complexity index is 369. The number of unbranched alkanes of at least 4 members (excludes halogenated alkanes) is 1. The number of aryl methyl sites for hydroxylation is 1. The van der Waals surface area contributed by atoms with Crippen LogP contribution in [0.2, 0.25) is 0 Å². The van der Waals surface area contributed by atoms with E-state index < -0.39 is 0 Å². The van der Waals surface area contributed by atoms with Gasteiger partial charge in [-0.15, -0.1) is 0 Å². The highest BCUT2D eigenvalue weighted by atomic mass is 16.5. The van der Waals surface area contributed by atoms with Crippen LogP contribution in [-0.4, -0.2) is 12.6 Å². The van der Waals surface area contributed by atoms with Crippen molar-refractivity contribution < 1.29 is 9.53 Å². The summed E-state index contributed by atoms with van der Waals surface area (Å²) >= 11 is 0. The highest BCUT2D eigenvalue weighted by Gasteiger charge is 2.02. The average Bonchev–Trinajstić information content (AvgIpc) is 2.37. The minimum Gasteiger partial charge on any atom is -0.462 e. The molecule has 0 amide bonds. The van der Waals surface area contributed by atoms with Gasteiger partial charge in [0.25, 0.3) is 0 Å². The first-order valence-electron chi connectivity index (χ1n) is 6.14. The monoisotopic (exact) mass is 232 g/mol. The van der Waals surface area contributed by atoms with Crippen molar-refractivity contribution in [3.05, 3.63) is 48.0 Å². The predicted octanol–water partition coefficient (Wildman–Crippen LogP) is 3.30. The molecule has 0 heterocycles. The number of rotatable bonds is 7. The van der Waals surface area contributed by atoms with Crippen LogP contribution in [0.5, 0.6) is 0 Å². The summed E-state index contributed by atoms with van der Waals surface area (Å²) in [7, 11) is 0. The molecule has 17 heavy (non-hydrogen) atoms. The van der Waals surface area contributed by atoms with Gasteiger partial charge >= 0.3 is 5.97 Å². The smallest absolute Gasteiger partial charge is 0.330 e. The molecule has 0 bridgehead atoms. The molecule has 0 radical (unpaired) electrons. The summed E-state index contributed by atoms with van der Waals surface area (Å²) in [5.41, 5.74) is 2.64. The largest absolute Gasteiger partial charge is 0.462 e. The Kier molecular flexibility index (Phi) is 6.08. The second-order valence-corrected chi connectivity index (χ2v) is 3.99. The number of carbonyl (C=O) groups excluding carboxylic acids is 1. The van der Waals surface area contributed by atoms with Gasteiger partial charge in [-0.2, -0.15) is 0 Å². The molecular formula is C15H20O2. The number of carbonyl (C=O) groups is 1. The number of hydrogen-bond acceptors (Lipinski definition) is 2. The first-order valence-corrected chi connectivity index (χ1v) is 6.14. The molecule has 1 aromatic carbocycles. The van der Waals surface area contributed by atoms with E-state index in [2.05, 4.69) is 31.7 Å². The molecule has 0 saturated carbocycles. The summed E-state index contributed by atoms with van der Waals surface area (Å²) in [4.78, 5) is 10.9. The Morgan fingerprint density at radius 3 is 2.53 bits per heavy atom. The van der Waals surface area contributed by atoms with Crippen LogP contribution in [0, 0.1) is 0 Å². The fourth-order valence-corrected chi connectivity index (χ4v) is 1.73. The van der Waals surface area contributed by atoms with Crippen LogP contribution < -0.4 is 0 Å². The normalized spacial score (nSPS) is 9.94. The van der Waals surface area contributed by atoms with Crippen molar-refractivity contribution in [3.63, 3.8) is 0 Å². The van der Waals surface area contributed by atoms with Gasteiger partial charge in [-0.1, -0.05) is 44.2 Å². The van der Waals surface area contributed by atoms with Crippen molar-refractivity contribution in [1.82, 2.24) is 0 Å². The van der Waals surface area contributed by atoms with E-state index in [4.69, 9.17) is 4.74 Å². The van der Waals surface area contributed by atoms with Crippen LogP contribution in [0.3, 0.4) is 0 Å². The molecular weight excluding hydrogens is 212 g/mol. The minimum atomic E-state index is -0.351. The zero-order valence-corrected chi connectivity index (χ0v) is 10.4. The maximum Gasteiger partial charge on any atom is 0.330 e. The third kappa shape index (κ3) is 4.85. The van der Waals surface area contributed by atoms with Crippen molar-refractivity contribution in [3.8, 4) is 0 Å². The average molecular weight is 232 g/mol. The Hall–Kier alpha value is -1.57. The Morgan fingerprint density at radius 2 is 1.94 bits per heavy atom. The van der Waals surface area contributed by atoms with Crippen molar-refractivity contribution in [1.29, 1.82) is 0 Å². The zero-order valence-electron chi connectivity index (χ0n) is 10.4. The van der Waals surface area contributed by atoms with Gasteiger partial charge in [-0.25, -0.2) is 4.79 Å². The van der Waals surface area contributed by atoms with Gasteiger partial charge in [0, 0.05) is 12.5 Å². The van der Waals surface area contributed by atoms with Crippen LogP contribution in [-0.2, 0) is 22.4 Å². The van der Waals surface area contributed by atoms with Crippen LogP contribution in [0.4, 0.5) is 0 Å².